The summed E-state index contributed by atoms with van der Waals surface area (Å²) in [5, 5.41) is 19.6. The SMILES string of the molecule is Cc1ccc(C(=O)N2CC[C@@](C)(O)[C@@H](O)C2)s1. The second-order valence-electron chi connectivity index (χ2n) is 4.78. The van der Waals surface area contributed by atoms with E-state index >= 15 is 0 Å². The van der Waals surface area contributed by atoms with Crippen molar-refractivity contribution in [2.45, 2.75) is 32.0 Å². The molecule has 1 aliphatic rings. The number of β-amino-alcohol motifs (C(OH)–C–C–N with tert-alkyl or cyclic N) is 1. The van der Waals surface area contributed by atoms with Gasteiger partial charge in [0.2, 0.25) is 0 Å². The number of carbonyl (C=O) groups is 1. The number of hydrogen-bond acceptors (Lipinski definition) is 4. The highest BCUT2D eigenvalue weighted by atomic mass is 32.1. The first kappa shape index (κ1) is 12.5. The molecule has 4 nitrogen and oxygen atoms in total. The Bertz CT molecular complexity index is 427. The van der Waals surface area contributed by atoms with Crippen molar-refractivity contribution in [3.8, 4) is 0 Å². The van der Waals surface area contributed by atoms with Crippen LogP contribution in [-0.2, 0) is 0 Å². The van der Waals surface area contributed by atoms with Gasteiger partial charge >= 0.3 is 0 Å². The third kappa shape index (κ3) is 2.51. The molecule has 2 heterocycles. The van der Waals surface area contributed by atoms with Gasteiger partial charge in [0.15, 0.2) is 0 Å². The monoisotopic (exact) mass is 255 g/mol. The number of piperidine rings is 1. The predicted molar refractivity (Wildman–Crippen MR) is 66.2 cm³/mol. The van der Waals surface area contributed by atoms with Gasteiger partial charge < -0.3 is 15.1 Å². The average Bonchev–Trinajstić information content (AvgIpc) is 2.68. The van der Waals surface area contributed by atoms with Crippen molar-refractivity contribution >= 4 is 17.2 Å². The summed E-state index contributed by atoms with van der Waals surface area (Å²) in [5.41, 5.74) is -1.08. The average molecular weight is 255 g/mol. The Kier molecular flexibility index (Phi) is 3.25. The van der Waals surface area contributed by atoms with E-state index in [9.17, 15) is 15.0 Å². The van der Waals surface area contributed by atoms with E-state index in [1.165, 1.54) is 11.3 Å². The standard InChI is InChI=1S/C12H17NO3S/c1-8-3-4-9(17-8)11(15)13-6-5-12(2,16)10(14)7-13/h3-4,10,14,16H,5-7H2,1-2H3/t10-,12+/m0/s1. The lowest BCUT2D eigenvalue weighted by atomic mass is 9.91. The Morgan fingerprint density at radius 1 is 1.59 bits per heavy atom. The third-order valence-electron chi connectivity index (χ3n) is 3.24. The normalized spacial score (nSPS) is 29.4. The Morgan fingerprint density at radius 3 is 2.82 bits per heavy atom. The first-order valence-corrected chi connectivity index (χ1v) is 6.48. The fraction of sp³-hybridized carbons (Fsp3) is 0.583. The van der Waals surface area contributed by atoms with Crippen molar-refractivity contribution in [3.05, 3.63) is 21.9 Å². The highest BCUT2D eigenvalue weighted by Gasteiger charge is 2.38. The minimum Gasteiger partial charge on any atom is -0.388 e. The number of amides is 1. The zero-order valence-electron chi connectivity index (χ0n) is 10.0. The van der Waals surface area contributed by atoms with Gasteiger partial charge in [-0.3, -0.25) is 4.79 Å². The van der Waals surface area contributed by atoms with Crippen molar-refractivity contribution in [1.82, 2.24) is 4.90 Å². The van der Waals surface area contributed by atoms with Gasteiger partial charge in [-0.15, -0.1) is 11.3 Å². The highest BCUT2D eigenvalue weighted by Crippen LogP contribution is 2.24. The number of hydrogen-bond donors (Lipinski definition) is 2. The van der Waals surface area contributed by atoms with Crippen LogP contribution in [0.4, 0.5) is 0 Å². The fourth-order valence-corrected chi connectivity index (χ4v) is 2.75. The lowest BCUT2D eigenvalue weighted by molar-refractivity contribution is -0.0998. The van der Waals surface area contributed by atoms with Crippen molar-refractivity contribution in [1.29, 1.82) is 0 Å². The molecule has 0 aromatic carbocycles. The number of aliphatic hydroxyl groups excluding tert-OH is 1. The zero-order valence-corrected chi connectivity index (χ0v) is 10.8. The van der Waals surface area contributed by atoms with Crippen LogP contribution >= 0.6 is 11.3 Å². The van der Waals surface area contributed by atoms with Crippen LogP contribution in [0.3, 0.4) is 0 Å². The number of nitrogens with zero attached hydrogens (tertiary/aromatic N) is 1. The molecule has 5 heteroatoms. The topological polar surface area (TPSA) is 60.8 Å². The van der Waals surface area contributed by atoms with E-state index in [1.807, 2.05) is 19.1 Å². The molecular formula is C12H17NO3S. The molecule has 1 fully saturated rings. The van der Waals surface area contributed by atoms with Crippen molar-refractivity contribution in [3.63, 3.8) is 0 Å². The summed E-state index contributed by atoms with van der Waals surface area (Å²) in [6.45, 7) is 4.24. The van der Waals surface area contributed by atoms with Crippen LogP contribution in [0.5, 0.6) is 0 Å². The van der Waals surface area contributed by atoms with Gasteiger partial charge in [0.1, 0.15) is 0 Å². The summed E-state index contributed by atoms with van der Waals surface area (Å²) >= 11 is 1.46. The molecule has 1 aliphatic heterocycles. The van der Waals surface area contributed by atoms with Gasteiger partial charge in [0, 0.05) is 18.0 Å². The van der Waals surface area contributed by atoms with E-state index in [2.05, 4.69) is 0 Å². The van der Waals surface area contributed by atoms with Gasteiger partial charge in [-0.25, -0.2) is 0 Å². The zero-order chi connectivity index (χ0) is 12.6. The van der Waals surface area contributed by atoms with E-state index in [-0.39, 0.29) is 12.5 Å². The number of aryl methyl sites for hydroxylation is 1. The van der Waals surface area contributed by atoms with E-state index in [0.29, 0.717) is 17.8 Å². The van der Waals surface area contributed by atoms with E-state index in [0.717, 1.165) is 4.88 Å². The maximum absolute atomic E-state index is 12.1. The minimum atomic E-state index is -1.08. The molecule has 2 N–H and O–H groups in total. The predicted octanol–water partition coefficient (Wildman–Crippen LogP) is 1.01. The van der Waals surface area contributed by atoms with Crippen LogP contribution in [0.1, 0.15) is 27.9 Å². The van der Waals surface area contributed by atoms with Gasteiger partial charge in [0.05, 0.1) is 16.6 Å². The molecule has 2 rings (SSSR count). The van der Waals surface area contributed by atoms with Crippen LogP contribution in [0.2, 0.25) is 0 Å². The van der Waals surface area contributed by atoms with Crippen LogP contribution in [0.25, 0.3) is 0 Å². The second kappa shape index (κ2) is 4.40. The molecule has 0 bridgehead atoms. The molecule has 1 aromatic rings. The van der Waals surface area contributed by atoms with Crippen LogP contribution in [0, 0.1) is 6.92 Å². The fourth-order valence-electron chi connectivity index (χ4n) is 1.91. The van der Waals surface area contributed by atoms with Gasteiger partial charge in [-0.05, 0) is 32.4 Å². The van der Waals surface area contributed by atoms with E-state index in [4.69, 9.17) is 0 Å². The molecule has 0 unspecified atom stereocenters. The van der Waals surface area contributed by atoms with Crippen molar-refractivity contribution in [2.75, 3.05) is 13.1 Å². The second-order valence-corrected chi connectivity index (χ2v) is 6.07. The van der Waals surface area contributed by atoms with Crippen LogP contribution in [0.15, 0.2) is 12.1 Å². The molecule has 0 radical (unpaired) electrons. The maximum atomic E-state index is 12.1. The van der Waals surface area contributed by atoms with Gasteiger partial charge in [0.25, 0.3) is 5.91 Å². The molecule has 1 amide bonds. The minimum absolute atomic E-state index is 0.0577. The van der Waals surface area contributed by atoms with Crippen LogP contribution in [-0.4, -0.2) is 45.8 Å². The molecule has 2 atom stereocenters. The number of thiophene rings is 1. The quantitative estimate of drug-likeness (QED) is 0.787. The summed E-state index contributed by atoms with van der Waals surface area (Å²) in [6.07, 6.45) is -0.467. The first-order valence-electron chi connectivity index (χ1n) is 5.66. The summed E-state index contributed by atoms with van der Waals surface area (Å²) in [6, 6.07) is 3.72. The van der Waals surface area contributed by atoms with Gasteiger partial charge in [-0.1, -0.05) is 0 Å². The lowest BCUT2D eigenvalue weighted by Crippen LogP contribution is -2.55. The summed E-state index contributed by atoms with van der Waals surface area (Å²) in [5.74, 6) is -0.0577. The summed E-state index contributed by atoms with van der Waals surface area (Å²) in [4.78, 5) is 15.5. The highest BCUT2D eigenvalue weighted by molar-refractivity contribution is 7.13. The lowest BCUT2D eigenvalue weighted by Gasteiger charge is -2.39. The van der Waals surface area contributed by atoms with E-state index in [1.54, 1.807) is 11.8 Å². The van der Waals surface area contributed by atoms with Crippen molar-refractivity contribution in [2.24, 2.45) is 0 Å². The third-order valence-corrected chi connectivity index (χ3v) is 4.23. The summed E-state index contributed by atoms with van der Waals surface area (Å²) in [7, 11) is 0. The number of carbonyl (C=O) groups excluding carboxylic acids is 1. The molecule has 0 aliphatic carbocycles. The molecule has 0 spiro atoms. The summed E-state index contributed by atoms with van der Waals surface area (Å²) < 4.78 is 0. The Morgan fingerprint density at radius 2 is 2.29 bits per heavy atom. The maximum Gasteiger partial charge on any atom is 0.264 e. The van der Waals surface area contributed by atoms with E-state index < -0.39 is 11.7 Å². The smallest absolute Gasteiger partial charge is 0.264 e. The van der Waals surface area contributed by atoms with Gasteiger partial charge in [-0.2, -0.15) is 0 Å². The Labute approximate surface area is 104 Å². The number of likely N-dealkylation sites (tertiary alicyclic amines) is 1. The van der Waals surface area contributed by atoms with Crippen LogP contribution < -0.4 is 0 Å². The molecule has 17 heavy (non-hydrogen) atoms. The van der Waals surface area contributed by atoms with Crippen molar-refractivity contribution < 1.29 is 15.0 Å². The number of rotatable bonds is 1. The molecule has 1 aromatic heterocycles. The molecule has 94 valence electrons. The molecule has 0 saturated carbocycles. The Balaban J connectivity index is 2.08. The molecular weight excluding hydrogens is 238 g/mol. The molecule has 1 saturated heterocycles. The number of aliphatic hydroxyl groups is 2. The largest absolute Gasteiger partial charge is 0.388 e. The Hall–Kier alpha value is -0.910. The first-order chi connectivity index (χ1) is 7.90.